The summed E-state index contributed by atoms with van der Waals surface area (Å²) in [6.45, 7) is 0.772. The summed E-state index contributed by atoms with van der Waals surface area (Å²) in [5.74, 6) is 0.284. The molecule has 2 heterocycles. The fraction of sp³-hybridized carbons (Fsp3) is 0.150. The lowest BCUT2D eigenvalue weighted by molar-refractivity contribution is 0.0967. The summed E-state index contributed by atoms with van der Waals surface area (Å²) in [5.41, 5.74) is 1.97. The van der Waals surface area contributed by atoms with Crippen LogP contribution in [0.25, 0.3) is 21.5 Å². The number of aromatic nitrogens is 2. The maximum Gasteiger partial charge on any atom is 0.282 e. The van der Waals surface area contributed by atoms with Gasteiger partial charge in [-0.25, -0.2) is 4.98 Å². The van der Waals surface area contributed by atoms with Gasteiger partial charge in [0.2, 0.25) is 0 Å². The molecule has 0 fully saturated rings. The van der Waals surface area contributed by atoms with Crippen LogP contribution in [0.15, 0.2) is 65.2 Å². The maximum absolute atomic E-state index is 13.1. The van der Waals surface area contributed by atoms with Crippen molar-refractivity contribution >= 4 is 32.6 Å². The van der Waals surface area contributed by atoms with Crippen LogP contribution in [0.4, 0.5) is 5.13 Å². The molecule has 0 N–H and O–H groups in total. The number of para-hydroxylation sites is 1. The van der Waals surface area contributed by atoms with E-state index in [-0.39, 0.29) is 11.6 Å². The van der Waals surface area contributed by atoms with E-state index in [0.717, 1.165) is 15.8 Å². The average Bonchev–Trinajstić information content (AvgIpc) is 3.36. The highest BCUT2D eigenvalue weighted by Gasteiger charge is 2.24. The number of hydrogen-bond acceptors (Lipinski definition) is 6. The molecule has 0 aliphatic heterocycles. The Morgan fingerprint density at radius 1 is 1.15 bits per heavy atom. The van der Waals surface area contributed by atoms with Crippen molar-refractivity contribution in [1.29, 1.82) is 0 Å². The average molecular weight is 379 g/mol. The third-order valence-electron chi connectivity index (χ3n) is 4.07. The Kier molecular flexibility index (Phi) is 4.95. The van der Waals surface area contributed by atoms with Gasteiger partial charge in [-0.05, 0) is 12.1 Å². The van der Waals surface area contributed by atoms with Crippen LogP contribution in [0.1, 0.15) is 10.5 Å². The number of carbonyl (C=O) groups is 1. The van der Waals surface area contributed by atoms with E-state index in [0.29, 0.717) is 24.0 Å². The van der Waals surface area contributed by atoms with E-state index in [2.05, 4.69) is 10.1 Å². The van der Waals surface area contributed by atoms with Gasteiger partial charge >= 0.3 is 0 Å². The van der Waals surface area contributed by atoms with E-state index in [1.165, 1.54) is 11.3 Å². The molecule has 4 rings (SSSR count). The smallest absolute Gasteiger partial charge is 0.282 e. The Morgan fingerprint density at radius 2 is 1.93 bits per heavy atom. The molecule has 2 aromatic heterocycles. The Bertz CT molecular complexity index is 1030. The molecule has 0 saturated heterocycles. The fourth-order valence-corrected chi connectivity index (χ4v) is 3.68. The van der Waals surface area contributed by atoms with Crippen LogP contribution in [-0.4, -0.2) is 36.3 Å². The van der Waals surface area contributed by atoms with Crippen molar-refractivity contribution in [3.63, 3.8) is 0 Å². The number of nitrogens with zero attached hydrogens (tertiary/aromatic N) is 3. The number of benzene rings is 2. The number of hydrogen-bond donors (Lipinski definition) is 0. The molecule has 27 heavy (non-hydrogen) atoms. The molecule has 0 atom stereocenters. The Hall–Kier alpha value is -3.03. The summed E-state index contributed by atoms with van der Waals surface area (Å²) < 4.78 is 11.6. The lowest BCUT2D eigenvalue weighted by atomic mass is 10.1. The molecule has 4 aromatic rings. The van der Waals surface area contributed by atoms with E-state index in [1.54, 1.807) is 18.1 Å². The Morgan fingerprint density at radius 3 is 2.70 bits per heavy atom. The van der Waals surface area contributed by atoms with E-state index in [9.17, 15) is 4.79 Å². The van der Waals surface area contributed by atoms with Gasteiger partial charge in [-0.3, -0.25) is 9.69 Å². The third-order valence-corrected chi connectivity index (χ3v) is 5.12. The van der Waals surface area contributed by atoms with Crippen molar-refractivity contribution in [1.82, 2.24) is 10.1 Å². The second kappa shape index (κ2) is 7.69. The van der Waals surface area contributed by atoms with Gasteiger partial charge in [0.25, 0.3) is 5.91 Å². The second-order valence-electron chi connectivity index (χ2n) is 5.86. The van der Waals surface area contributed by atoms with Crippen LogP contribution in [0.2, 0.25) is 0 Å². The quantitative estimate of drug-likeness (QED) is 0.501. The summed E-state index contributed by atoms with van der Waals surface area (Å²) in [7, 11) is 1.60. The third kappa shape index (κ3) is 3.60. The zero-order valence-corrected chi connectivity index (χ0v) is 15.5. The molecule has 0 bridgehead atoms. The minimum atomic E-state index is -0.267. The molecule has 0 aliphatic carbocycles. The number of methoxy groups -OCH3 is 1. The molecular formula is C20H17N3O3S. The first-order valence-corrected chi connectivity index (χ1v) is 9.26. The highest BCUT2D eigenvalue weighted by molar-refractivity contribution is 7.22. The van der Waals surface area contributed by atoms with E-state index >= 15 is 0 Å². The predicted molar refractivity (Wildman–Crippen MR) is 105 cm³/mol. The van der Waals surface area contributed by atoms with Gasteiger partial charge in [-0.1, -0.05) is 59.0 Å². The standard InChI is InChI=1S/C20H17N3O3S/c1-25-12-11-23(20-21-15-9-5-6-10-18(15)27-20)19(24)16-13-17(26-22-16)14-7-3-2-4-8-14/h2-10,13H,11-12H2,1H3. The normalized spacial score (nSPS) is 11.0. The first-order valence-electron chi connectivity index (χ1n) is 8.45. The summed E-state index contributed by atoms with van der Waals surface area (Å²) in [4.78, 5) is 19.3. The summed E-state index contributed by atoms with van der Waals surface area (Å²) in [6, 6.07) is 19.0. The van der Waals surface area contributed by atoms with Crippen molar-refractivity contribution in [3.8, 4) is 11.3 Å². The molecule has 0 aliphatic rings. The van der Waals surface area contributed by atoms with Crippen LogP contribution in [0.5, 0.6) is 0 Å². The van der Waals surface area contributed by atoms with Gasteiger partial charge in [0, 0.05) is 18.7 Å². The lowest BCUT2D eigenvalue weighted by Crippen LogP contribution is -2.34. The van der Waals surface area contributed by atoms with E-state index in [4.69, 9.17) is 9.26 Å². The van der Waals surface area contributed by atoms with Crippen LogP contribution >= 0.6 is 11.3 Å². The zero-order chi connectivity index (χ0) is 18.6. The van der Waals surface area contributed by atoms with Crippen molar-refractivity contribution in [2.75, 3.05) is 25.2 Å². The van der Waals surface area contributed by atoms with Gasteiger partial charge in [0.15, 0.2) is 16.6 Å². The van der Waals surface area contributed by atoms with E-state index in [1.807, 2.05) is 54.6 Å². The molecule has 136 valence electrons. The van der Waals surface area contributed by atoms with Gasteiger partial charge in [0.1, 0.15) is 0 Å². The van der Waals surface area contributed by atoms with Gasteiger partial charge in [0.05, 0.1) is 23.4 Å². The molecule has 1 amide bonds. The second-order valence-corrected chi connectivity index (χ2v) is 6.87. The first-order chi connectivity index (χ1) is 13.3. The summed E-state index contributed by atoms with van der Waals surface area (Å²) >= 11 is 1.46. The Balaban J connectivity index is 1.66. The van der Waals surface area contributed by atoms with E-state index < -0.39 is 0 Å². The molecule has 0 unspecified atom stereocenters. The SMILES string of the molecule is COCCN(C(=O)c1cc(-c2ccccc2)on1)c1nc2ccccc2s1. The zero-order valence-electron chi connectivity index (χ0n) is 14.7. The number of rotatable bonds is 6. The van der Waals surface area contributed by atoms with Gasteiger partial charge in [-0.2, -0.15) is 0 Å². The highest BCUT2D eigenvalue weighted by Crippen LogP contribution is 2.30. The molecule has 0 spiro atoms. The molecule has 0 saturated carbocycles. The number of fused-ring (bicyclic) bond motifs is 1. The predicted octanol–water partition coefficient (Wildman–Crippen LogP) is 4.24. The molecule has 2 aromatic carbocycles. The maximum atomic E-state index is 13.1. The van der Waals surface area contributed by atoms with Crippen LogP contribution in [-0.2, 0) is 4.74 Å². The van der Waals surface area contributed by atoms with Crippen molar-refractivity contribution < 1.29 is 14.1 Å². The topological polar surface area (TPSA) is 68.5 Å². The van der Waals surface area contributed by atoms with Gasteiger partial charge < -0.3 is 9.26 Å². The molecule has 0 radical (unpaired) electrons. The number of thiazole rings is 1. The monoisotopic (exact) mass is 379 g/mol. The molecular weight excluding hydrogens is 362 g/mol. The van der Waals surface area contributed by atoms with Crippen LogP contribution in [0.3, 0.4) is 0 Å². The number of anilines is 1. The van der Waals surface area contributed by atoms with Gasteiger partial charge in [-0.15, -0.1) is 0 Å². The number of amides is 1. The largest absolute Gasteiger partial charge is 0.383 e. The minimum Gasteiger partial charge on any atom is -0.383 e. The highest BCUT2D eigenvalue weighted by atomic mass is 32.1. The fourth-order valence-electron chi connectivity index (χ4n) is 2.69. The molecule has 7 heteroatoms. The summed E-state index contributed by atoms with van der Waals surface area (Å²) in [5, 5.41) is 4.58. The summed E-state index contributed by atoms with van der Waals surface area (Å²) in [6.07, 6.45) is 0. The van der Waals surface area contributed by atoms with Crippen molar-refractivity contribution in [2.24, 2.45) is 0 Å². The van der Waals surface area contributed by atoms with Crippen molar-refractivity contribution in [2.45, 2.75) is 0 Å². The number of ether oxygens (including phenoxy) is 1. The van der Waals surface area contributed by atoms with Crippen molar-refractivity contribution in [3.05, 3.63) is 66.4 Å². The first kappa shape index (κ1) is 17.4. The Labute approximate surface area is 160 Å². The van der Waals surface area contributed by atoms with Crippen LogP contribution in [0, 0.1) is 0 Å². The minimum absolute atomic E-state index is 0.240. The number of carbonyl (C=O) groups excluding carboxylic acids is 1. The van der Waals surface area contributed by atoms with Crippen LogP contribution < -0.4 is 4.90 Å². The lowest BCUT2D eigenvalue weighted by Gasteiger charge is -2.17. The molecule has 6 nitrogen and oxygen atoms in total.